The van der Waals surface area contributed by atoms with Crippen molar-refractivity contribution in [1.29, 1.82) is 0 Å². The Labute approximate surface area is 134 Å². The summed E-state index contributed by atoms with van der Waals surface area (Å²) >= 11 is 12.2. The van der Waals surface area contributed by atoms with Crippen molar-refractivity contribution in [2.45, 2.75) is 43.7 Å². The van der Waals surface area contributed by atoms with Gasteiger partial charge in [0.25, 0.3) is 0 Å². The average Bonchev–Trinajstić information content (AvgIpc) is 2.63. The van der Waals surface area contributed by atoms with Crippen LogP contribution in [0.15, 0.2) is 18.2 Å². The fourth-order valence-corrected chi connectivity index (χ4v) is 4.59. The minimum Gasteiger partial charge on any atom is -0.481 e. The van der Waals surface area contributed by atoms with Crippen LogP contribution in [0, 0.1) is 5.92 Å². The number of rotatable bonds is 3. The van der Waals surface area contributed by atoms with Crippen molar-refractivity contribution in [2.75, 3.05) is 7.05 Å². The summed E-state index contributed by atoms with van der Waals surface area (Å²) in [4.78, 5) is 14.3. The maximum Gasteiger partial charge on any atom is 0.311 e. The van der Waals surface area contributed by atoms with E-state index < -0.39 is 11.9 Å². The first-order valence-corrected chi connectivity index (χ1v) is 8.12. The van der Waals surface area contributed by atoms with Crippen molar-refractivity contribution in [2.24, 2.45) is 5.92 Å². The summed E-state index contributed by atoms with van der Waals surface area (Å²) in [6.07, 6.45) is 4.22. The molecule has 0 amide bonds. The Morgan fingerprint density at radius 1 is 1.29 bits per heavy atom. The Hall–Kier alpha value is -0.770. The molecule has 1 aromatic rings. The van der Waals surface area contributed by atoms with Gasteiger partial charge in [0.15, 0.2) is 0 Å². The maximum absolute atomic E-state index is 11.8. The van der Waals surface area contributed by atoms with Crippen LogP contribution < -0.4 is 0 Å². The highest BCUT2D eigenvalue weighted by Gasteiger charge is 2.43. The molecule has 0 aliphatic carbocycles. The zero-order valence-corrected chi connectivity index (χ0v) is 13.4. The quantitative estimate of drug-likeness (QED) is 0.910. The first-order valence-electron chi connectivity index (χ1n) is 7.37. The van der Waals surface area contributed by atoms with Crippen molar-refractivity contribution in [3.05, 3.63) is 33.8 Å². The second-order valence-electron chi connectivity index (χ2n) is 6.26. The van der Waals surface area contributed by atoms with Gasteiger partial charge in [-0.3, -0.25) is 4.79 Å². The molecule has 2 heterocycles. The molecule has 3 rings (SSSR count). The van der Waals surface area contributed by atoms with E-state index in [-0.39, 0.29) is 5.92 Å². The van der Waals surface area contributed by atoms with Crippen LogP contribution in [0.2, 0.25) is 10.0 Å². The molecule has 3 unspecified atom stereocenters. The van der Waals surface area contributed by atoms with Gasteiger partial charge in [0.2, 0.25) is 0 Å². The van der Waals surface area contributed by atoms with Crippen molar-refractivity contribution in [3.63, 3.8) is 0 Å². The van der Waals surface area contributed by atoms with Crippen molar-refractivity contribution >= 4 is 29.2 Å². The Bertz CT molecular complexity index is 549. The summed E-state index contributed by atoms with van der Waals surface area (Å²) in [7, 11) is 2.16. The summed E-state index contributed by atoms with van der Waals surface area (Å²) in [5, 5.41) is 10.7. The van der Waals surface area contributed by atoms with Gasteiger partial charge in [-0.25, -0.2) is 0 Å². The Morgan fingerprint density at radius 3 is 2.43 bits per heavy atom. The van der Waals surface area contributed by atoms with E-state index in [1.807, 2.05) is 0 Å². The Kier molecular flexibility index (Phi) is 4.17. The topological polar surface area (TPSA) is 40.5 Å². The van der Waals surface area contributed by atoms with Crippen molar-refractivity contribution < 1.29 is 9.90 Å². The summed E-state index contributed by atoms with van der Waals surface area (Å²) in [5.41, 5.74) is 0.697. The first kappa shape index (κ1) is 15.1. The summed E-state index contributed by atoms with van der Waals surface area (Å²) in [5.74, 6) is -1.17. The molecule has 114 valence electrons. The second-order valence-corrected chi connectivity index (χ2v) is 7.11. The molecule has 3 nitrogen and oxygen atoms in total. The molecule has 2 fully saturated rings. The van der Waals surface area contributed by atoms with Gasteiger partial charge in [-0.15, -0.1) is 0 Å². The normalized spacial score (nSPS) is 30.3. The molecule has 21 heavy (non-hydrogen) atoms. The molecule has 1 N–H and O–H groups in total. The first-order chi connectivity index (χ1) is 9.97. The van der Waals surface area contributed by atoms with Crippen molar-refractivity contribution in [1.82, 2.24) is 4.90 Å². The van der Waals surface area contributed by atoms with Gasteiger partial charge in [0.05, 0.1) is 5.92 Å². The number of hydrogen-bond donors (Lipinski definition) is 1. The van der Waals surface area contributed by atoms with E-state index in [9.17, 15) is 9.90 Å². The SMILES string of the molecule is CN1C2CCC1CC(C(C(=O)O)c1ccc(Cl)cc1Cl)C2. The van der Waals surface area contributed by atoms with Crippen LogP contribution in [0.3, 0.4) is 0 Å². The average molecular weight is 328 g/mol. The monoisotopic (exact) mass is 327 g/mol. The highest BCUT2D eigenvalue weighted by atomic mass is 35.5. The molecule has 0 saturated carbocycles. The zero-order chi connectivity index (χ0) is 15.1. The highest BCUT2D eigenvalue weighted by Crippen LogP contribution is 2.44. The second kappa shape index (κ2) is 5.79. The molecular formula is C16H19Cl2NO2. The lowest BCUT2D eigenvalue weighted by Gasteiger charge is -2.38. The number of hydrogen-bond acceptors (Lipinski definition) is 2. The molecule has 5 heteroatoms. The third-order valence-electron chi connectivity index (χ3n) is 5.17. The van der Waals surface area contributed by atoms with Gasteiger partial charge in [0, 0.05) is 22.1 Å². The third kappa shape index (κ3) is 2.79. The number of carbonyl (C=O) groups is 1. The lowest BCUT2D eigenvalue weighted by molar-refractivity contribution is -0.141. The largest absolute Gasteiger partial charge is 0.481 e. The molecule has 2 aliphatic rings. The van der Waals surface area contributed by atoms with Gasteiger partial charge >= 0.3 is 5.97 Å². The van der Waals surface area contributed by atoms with Crippen LogP contribution >= 0.6 is 23.2 Å². The van der Waals surface area contributed by atoms with Gasteiger partial charge in [-0.2, -0.15) is 0 Å². The summed E-state index contributed by atoms with van der Waals surface area (Å²) in [6.45, 7) is 0. The minimum atomic E-state index is -0.784. The number of piperidine rings is 1. The number of halogens is 2. The molecular weight excluding hydrogens is 309 g/mol. The molecule has 3 atom stereocenters. The van der Waals surface area contributed by atoms with E-state index in [2.05, 4.69) is 11.9 Å². The van der Waals surface area contributed by atoms with E-state index in [0.717, 1.165) is 12.8 Å². The number of nitrogens with zero attached hydrogens (tertiary/aromatic N) is 1. The fourth-order valence-electron chi connectivity index (χ4n) is 4.07. The standard InChI is InChI=1S/C16H19Cl2NO2/c1-19-11-3-4-12(19)7-9(6-11)15(16(20)21)13-5-2-10(17)8-14(13)18/h2,5,8-9,11-12,15H,3-4,6-7H2,1H3,(H,20,21). The van der Waals surface area contributed by atoms with E-state index in [1.54, 1.807) is 18.2 Å². The smallest absolute Gasteiger partial charge is 0.311 e. The maximum atomic E-state index is 11.8. The van der Waals surface area contributed by atoms with Crippen LogP contribution in [-0.4, -0.2) is 35.1 Å². The number of benzene rings is 1. The minimum absolute atomic E-state index is 0.148. The molecule has 2 bridgehead atoms. The molecule has 0 radical (unpaired) electrons. The van der Waals surface area contributed by atoms with Crippen LogP contribution in [-0.2, 0) is 4.79 Å². The van der Waals surface area contributed by atoms with E-state index in [0.29, 0.717) is 27.7 Å². The molecule has 1 aromatic carbocycles. The van der Waals surface area contributed by atoms with Crippen molar-refractivity contribution in [3.8, 4) is 0 Å². The van der Waals surface area contributed by atoms with E-state index >= 15 is 0 Å². The highest BCUT2D eigenvalue weighted by molar-refractivity contribution is 6.35. The Morgan fingerprint density at radius 2 is 1.90 bits per heavy atom. The number of carboxylic acid groups (broad SMARTS) is 1. The summed E-state index contributed by atoms with van der Waals surface area (Å²) in [6, 6.07) is 6.16. The number of fused-ring (bicyclic) bond motifs is 2. The van der Waals surface area contributed by atoms with Crippen LogP contribution in [0.25, 0.3) is 0 Å². The van der Waals surface area contributed by atoms with E-state index in [4.69, 9.17) is 23.2 Å². The van der Waals surface area contributed by atoms with Crippen LogP contribution in [0.1, 0.15) is 37.2 Å². The third-order valence-corrected chi connectivity index (χ3v) is 5.73. The predicted octanol–water partition coefficient (Wildman–Crippen LogP) is 4.03. The summed E-state index contributed by atoms with van der Waals surface area (Å²) < 4.78 is 0. The van der Waals surface area contributed by atoms with Gasteiger partial charge in [0.1, 0.15) is 0 Å². The van der Waals surface area contributed by atoms with Crippen LogP contribution in [0.4, 0.5) is 0 Å². The molecule has 0 spiro atoms. The zero-order valence-electron chi connectivity index (χ0n) is 11.9. The van der Waals surface area contributed by atoms with Gasteiger partial charge in [-0.05, 0) is 56.3 Å². The Balaban J connectivity index is 1.90. The molecule has 0 aromatic heterocycles. The van der Waals surface area contributed by atoms with Crippen LogP contribution in [0.5, 0.6) is 0 Å². The number of carboxylic acids is 1. The predicted molar refractivity (Wildman–Crippen MR) is 84.1 cm³/mol. The lowest BCUT2D eigenvalue weighted by atomic mass is 9.77. The molecule has 2 saturated heterocycles. The van der Waals surface area contributed by atoms with Gasteiger partial charge in [-0.1, -0.05) is 29.3 Å². The number of aliphatic carboxylic acids is 1. The van der Waals surface area contributed by atoms with Gasteiger partial charge < -0.3 is 10.0 Å². The lowest BCUT2D eigenvalue weighted by Crippen LogP contribution is -2.42. The fraction of sp³-hybridized carbons (Fsp3) is 0.562. The molecule has 2 aliphatic heterocycles. The van der Waals surface area contributed by atoms with E-state index in [1.165, 1.54) is 12.8 Å².